The lowest BCUT2D eigenvalue weighted by Crippen LogP contribution is -2.29. The molecule has 1 atom stereocenters. The molecule has 1 fully saturated rings. The summed E-state index contributed by atoms with van der Waals surface area (Å²) in [5.41, 5.74) is 0.706. The Hall–Kier alpha value is -0.610. The Morgan fingerprint density at radius 2 is 2.31 bits per heavy atom. The van der Waals surface area contributed by atoms with Crippen molar-refractivity contribution in [3.63, 3.8) is 0 Å². The molecule has 0 saturated carbocycles. The number of hydrogen-bond acceptors (Lipinski definition) is 2. The van der Waals surface area contributed by atoms with Crippen LogP contribution in [-0.2, 0) is 0 Å². The molecule has 0 amide bonds. The molecule has 2 rings (SSSR count). The lowest BCUT2D eigenvalue weighted by atomic mass is 9.90. The van der Waals surface area contributed by atoms with Crippen molar-refractivity contribution in [2.45, 2.75) is 18.8 Å². The Labute approximate surface area is 103 Å². The van der Waals surface area contributed by atoms with Crippen LogP contribution in [0, 0.1) is 5.82 Å². The Bertz CT molecular complexity index is 378. The van der Waals surface area contributed by atoms with Gasteiger partial charge < -0.3 is 10.1 Å². The highest BCUT2D eigenvalue weighted by molar-refractivity contribution is 9.10. The SMILES string of the molecule is COc1cc(Br)cc(F)c1C1CCCNC1. The molecule has 16 heavy (non-hydrogen) atoms. The zero-order chi connectivity index (χ0) is 11.5. The van der Waals surface area contributed by atoms with Gasteiger partial charge in [0.15, 0.2) is 0 Å². The van der Waals surface area contributed by atoms with Gasteiger partial charge in [-0.05, 0) is 31.5 Å². The molecule has 1 aliphatic rings. The zero-order valence-electron chi connectivity index (χ0n) is 9.22. The summed E-state index contributed by atoms with van der Waals surface area (Å²) >= 11 is 3.28. The first-order valence-electron chi connectivity index (χ1n) is 5.46. The lowest BCUT2D eigenvalue weighted by Gasteiger charge is -2.25. The third-order valence-corrected chi connectivity index (χ3v) is 3.44. The molecule has 1 aliphatic heterocycles. The van der Waals surface area contributed by atoms with Crippen LogP contribution in [-0.4, -0.2) is 20.2 Å². The highest BCUT2D eigenvalue weighted by Crippen LogP contribution is 2.35. The van der Waals surface area contributed by atoms with Crippen molar-refractivity contribution in [3.8, 4) is 5.75 Å². The smallest absolute Gasteiger partial charge is 0.131 e. The summed E-state index contributed by atoms with van der Waals surface area (Å²) in [6.45, 7) is 1.85. The van der Waals surface area contributed by atoms with Gasteiger partial charge in [0.2, 0.25) is 0 Å². The predicted molar refractivity (Wildman–Crippen MR) is 65.5 cm³/mol. The van der Waals surface area contributed by atoms with E-state index in [0.717, 1.165) is 30.4 Å². The minimum absolute atomic E-state index is 0.181. The minimum Gasteiger partial charge on any atom is -0.496 e. The maximum Gasteiger partial charge on any atom is 0.131 e. The van der Waals surface area contributed by atoms with Gasteiger partial charge in [-0.15, -0.1) is 0 Å². The van der Waals surface area contributed by atoms with E-state index in [1.54, 1.807) is 7.11 Å². The van der Waals surface area contributed by atoms with Gasteiger partial charge in [0, 0.05) is 22.5 Å². The normalized spacial score (nSPS) is 20.8. The summed E-state index contributed by atoms with van der Waals surface area (Å²) in [5.74, 6) is 0.678. The number of halogens is 2. The average Bonchev–Trinajstić information content (AvgIpc) is 2.29. The molecule has 0 aromatic heterocycles. The van der Waals surface area contributed by atoms with Gasteiger partial charge in [-0.1, -0.05) is 15.9 Å². The molecule has 88 valence electrons. The van der Waals surface area contributed by atoms with Gasteiger partial charge in [-0.25, -0.2) is 4.39 Å². The Morgan fingerprint density at radius 3 is 2.94 bits per heavy atom. The number of hydrogen-bond donors (Lipinski definition) is 1. The molecule has 1 aromatic rings. The summed E-state index contributed by atoms with van der Waals surface area (Å²) in [5, 5.41) is 3.29. The number of piperidine rings is 1. The van der Waals surface area contributed by atoms with Crippen LogP contribution in [0.4, 0.5) is 4.39 Å². The first-order chi connectivity index (χ1) is 7.72. The summed E-state index contributed by atoms with van der Waals surface area (Å²) in [6, 6.07) is 3.33. The van der Waals surface area contributed by atoms with Crippen LogP contribution in [0.1, 0.15) is 24.3 Å². The molecular formula is C12H15BrFNO. The van der Waals surface area contributed by atoms with Crippen molar-refractivity contribution in [1.82, 2.24) is 5.32 Å². The average molecular weight is 288 g/mol. The van der Waals surface area contributed by atoms with Gasteiger partial charge in [0.05, 0.1) is 7.11 Å². The monoisotopic (exact) mass is 287 g/mol. The van der Waals surface area contributed by atoms with Crippen molar-refractivity contribution in [3.05, 3.63) is 28.0 Å². The second-order valence-electron chi connectivity index (χ2n) is 4.05. The van der Waals surface area contributed by atoms with Crippen LogP contribution in [0.3, 0.4) is 0 Å². The van der Waals surface area contributed by atoms with Gasteiger partial charge in [-0.2, -0.15) is 0 Å². The van der Waals surface area contributed by atoms with Gasteiger partial charge in [0.25, 0.3) is 0 Å². The fourth-order valence-electron chi connectivity index (χ4n) is 2.22. The minimum atomic E-state index is -0.181. The van der Waals surface area contributed by atoms with E-state index in [1.165, 1.54) is 6.07 Å². The lowest BCUT2D eigenvalue weighted by molar-refractivity contribution is 0.382. The third-order valence-electron chi connectivity index (χ3n) is 2.98. The first kappa shape index (κ1) is 11.9. The summed E-state index contributed by atoms with van der Waals surface area (Å²) in [7, 11) is 1.58. The fourth-order valence-corrected chi connectivity index (χ4v) is 2.63. The zero-order valence-corrected chi connectivity index (χ0v) is 10.8. The molecule has 1 unspecified atom stereocenters. The van der Waals surface area contributed by atoms with Crippen LogP contribution in [0.25, 0.3) is 0 Å². The summed E-state index contributed by atoms with van der Waals surface area (Å²) in [6.07, 6.45) is 2.10. The standard InChI is InChI=1S/C12H15BrFNO/c1-16-11-6-9(13)5-10(14)12(11)8-3-2-4-15-7-8/h5-6,8,15H,2-4,7H2,1H3. The summed E-state index contributed by atoms with van der Waals surface area (Å²) in [4.78, 5) is 0. The quantitative estimate of drug-likeness (QED) is 0.903. The Balaban J connectivity index is 2.37. The van der Waals surface area contributed by atoms with Crippen LogP contribution < -0.4 is 10.1 Å². The van der Waals surface area contributed by atoms with E-state index in [1.807, 2.05) is 6.07 Å². The molecule has 0 radical (unpaired) electrons. The number of ether oxygens (including phenoxy) is 1. The second kappa shape index (κ2) is 5.15. The van der Waals surface area contributed by atoms with Gasteiger partial charge in [-0.3, -0.25) is 0 Å². The van der Waals surface area contributed by atoms with E-state index in [9.17, 15) is 4.39 Å². The van der Waals surface area contributed by atoms with Gasteiger partial charge in [0.1, 0.15) is 11.6 Å². The van der Waals surface area contributed by atoms with Crippen molar-refractivity contribution in [1.29, 1.82) is 0 Å². The highest BCUT2D eigenvalue weighted by atomic mass is 79.9. The summed E-state index contributed by atoms with van der Waals surface area (Å²) < 4.78 is 19.9. The van der Waals surface area contributed by atoms with Gasteiger partial charge >= 0.3 is 0 Å². The third kappa shape index (κ3) is 2.38. The Kier molecular flexibility index (Phi) is 3.82. The second-order valence-corrected chi connectivity index (χ2v) is 4.96. The number of benzene rings is 1. The fraction of sp³-hybridized carbons (Fsp3) is 0.500. The molecule has 2 nitrogen and oxygen atoms in total. The Morgan fingerprint density at radius 1 is 1.50 bits per heavy atom. The predicted octanol–water partition coefficient (Wildman–Crippen LogP) is 3.06. The molecule has 0 spiro atoms. The molecule has 0 aliphatic carbocycles. The maximum atomic E-state index is 13.9. The molecule has 4 heteroatoms. The number of nitrogens with one attached hydrogen (secondary N) is 1. The largest absolute Gasteiger partial charge is 0.496 e. The van der Waals surface area contributed by atoms with E-state index in [0.29, 0.717) is 11.3 Å². The molecule has 0 bridgehead atoms. The van der Waals surface area contributed by atoms with Crippen molar-refractivity contribution in [2.24, 2.45) is 0 Å². The number of rotatable bonds is 2. The molecule has 1 saturated heterocycles. The number of methoxy groups -OCH3 is 1. The molecular weight excluding hydrogens is 273 g/mol. The van der Waals surface area contributed by atoms with E-state index < -0.39 is 0 Å². The van der Waals surface area contributed by atoms with Crippen molar-refractivity contribution in [2.75, 3.05) is 20.2 Å². The molecule has 1 heterocycles. The highest BCUT2D eigenvalue weighted by Gasteiger charge is 2.22. The van der Waals surface area contributed by atoms with E-state index >= 15 is 0 Å². The molecule has 1 N–H and O–H groups in total. The van der Waals surface area contributed by atoms with Crippen molar-refractivity contribution >= 4 is 15.9 Å². The topological polar surface area (TPSA) is 21.3 Å². The van der Waals surface area contributed by atoms with E-state index in [-0.39, 0.29) is 11.7 Å². The van der Waals surface area contributed by atoms with Crippen molar-refractivity contribution < 1.29 is 9.13 Å². The van der Waals surface area contributed by atoms with E-state index in [2.05, 4.69) is 21.2 Å². The maximum absolute atomic E-state index is 13.9. The first-order valence-corrected chi connectivity index (χ1v) is 6.25. The van der Waals surface area contributed by atoms with Crippen LogP contribution in [0.15, 0.2) is 16.6 Å². The van der Waals surface area contributed by atoms with Crippen LogP contribution in [0.5, 0.6) is 5.75 Å². The van der Waals surface area contributed by atoms with Crippen LogP contribution in [0.2, 0.25) is 0 Å². The van der Waals surface area contributed by atoms with E-state index in [4.69, 9.17) is 4.74 Å². The van der Waals surface area contributed by atoms with Crippen LogP contribution >= 0.6 is 15.9 Å². The molecule has 1 aromatic carbocycles.